The number of nitrogens with one attached hydrogen (secondary N) is 1. The monoisotopic (exact) mass is 496 g/mol. The number of guanidine groups is 1. The summed E-state index contributed by atoms with van der Waals surface area (Å²) >= 11 is 0. The lowest BCUT2D eigenvalue weighted by molar-refractivity contribution is -0.274. The number of anilines is 1. The molecule has 6 nitrogen and oxygen atoms in total. The molecule has 0 bridgehead atoms. The van der Waals surface area contributed by atoms with Gasteiger partial charge in [-0.2, -0.15) is 0 Å². The second-order valence-corrected chi connectivity index (χ2v) is 5.42. The van der Waals surface area contributed by atoms with Gasteiger partial charge in [-0.15, -0.1) is 37.1 Å². The zero-order valence-electron chi connectivity index (χ0n) is 14.9. The number of pyridine rings is 1. The number of alkyl halides is 3. The summed E-state index contributed by atoms with van der Waals surface area (Å²) in [6, 6.07) is 5.56. The van der Waals surface area contributed by atoms with Gasteiger partial charge in [0.25, 0.3) is 0 Å². The van der Waals surface area contributed by atoms with Gasteiger partial charge in [-0.3, -0.25) is 4.98 Å². The standard InChI is InChI=1S/C17H19F3N4O2.HI/c1-10-8-22-13(11(2)15(10)25-3)9-23-16(21)24-12-6-4-5-7-14(12)26-17(18,19)20;/h4-8H,9H2,1-3H3,(H3,21,23,24);1H. The van der Waals surface area contributed by atoms with Gasteiger partial charge in [0.1, 0.15) is 5.75 Å². The fourth-order valence-corrected chi connectivity index (χ4v) is 2.35. The molecule has 0 fully saturated rings. The molecule has 0 radical (unpaired) electrons. The van der Waals surface area contributed by atoms with E-state index in [1.54, 1.807) is 19.4 Å². The highest BCUT2D eigenvalue weighted by Gasteiger charge is 2.32. The summed E-state index contributed by atoms with van der Waals surface area (Å²) in [6.45, 7) is 3.86. The van der Waals surface area contributed by atoms with Gasteiger partial charge in [0.15, 0.2) is 11.7 Å². The lowest BCUT2D eigenvalue weighted by Gasteiger charge is -2.14. The average molecular weight is 496 g/mol. The summed E-state index contributed by atoms with van der Waals surface area (Å²) < 4.78 is 46.6. The molecule has 27 heavy (non-hydrogen) atoms. The van der Waals surface area contributed by atoms with Crippen LogP contribution in [0.5, 0.6) is 11.5 Å². The van der Waals surface area contributed by atoms with E-state index in [0.717, 1.165) is 11.1 Å². The van der Waals surface area contributed by atoms with E-state index in [-0.39, 0.29) is 42.2 Å². The number of aliphatic imine (C=N–C) groups is 1. The van der Waals surface area contributed by atoms with Crippen LogP contribution in [0, 0.1) is 13.8 Å². The molecule has 0 aliphatic carbocycles. The van der Waals surface area contributed by atoms with Crippen LogP contribution in [0.3, 0.4) is 0 Å². The molecule has 148 valence electrons. The molecule has 1 aromatic heterocycles. The first kappa shape index (κ1) is 22.8. The number of hydrogen-bond acceptors (Lipinski definition) is 4. The second-order valence-electron chi connectivity index (χ2n) is 5.42. The third-order valence-corrected chi connectivity index (χ3v) is 3.52. The lowest BCUT2D eigenvalue weighted by atomic mass is 10.1. The first-order chi connectivity index (χ1) is 12.2. The van der Waals surface area contributed by atoms with E-state index in [1.807, 2.05) is 13.8 Å². The quantitative estimate of drug-likeness (QED) is 0.370. The maximum absolute atomic E-state index is 12.4. The van der Waals surface area contributed by atoms with Crippen molar-refractivity contribution in [3.63, 3.8) is 0 Å². The Morgan fingerprint density at radius 2 is 1.93 bits per heavy atom. The van der Waals surface area contributed by atoms with Crippen LogP contribution in [0.4, 0.5) is 18.9 Å². The molecule has 3 N–H and O–H groups in total. The van der Waals surface area contributed by atoms with Crippen LogP contribution in [0.1, 0.15) is 16.8 Å². The Hall–Kier alpha value is -2.24. The summed E-state index contributed by atoms with van der Waals surface area (Å²) in [5.41, 5.74) is 8.20. The Morgan fingerprint density at radius 1 is 1.26 bits per heavy atom. The molecule has 0 aliphatic heterocycles. The molecule has 1 aromatic carbocycles. The molecule has 10 heteroatoms. The number of para-hydroxylation sites is 2. The van der Waals surface area contributed by atoms with Gasteiger partial charge in [0.05, 0.1) is 25.0 Å². The zero-order chi connectivity index (χ0) is 19.3. The van der Waals surface area contributed by atoms with Crippen LogP contribution in [0.2, 0.25) is 0 Å². The third-order valence-electron chi connectivity index (χ3n) is 3.52. The van der Waals surface area contributed by atoms with E-state index >= 15 is 0 Å². The molecule has 0 unspecified atom stereocenters. The minimum Gasteiger partial charge on any atom is -0.496 e. The minimum atomic E-state index is -4.80. The number of benzene rings is 1. The van der Waals surface area contributed by atoms with Gasteiger partial charge in [-0.05, 0) is 26.0 Å². The Kier molecular flexibility index (Phi) is 8.13. The van der Waals surface area contributed by atoms with Crippen molar-refractivity contribution >= 4 is 35.6 Å². The maximum Gasteiger partial charge on any atom is 0.573 e. The molecule has 2 rings (SSSR count). The predicted octanol–water partition coefficient (Wildman–Crippen LogP) is 4.15. The molecule has 0 aliphatic rings. The fraction of sp³-hybridized carbons (Fsp3) is 0.294. The molecule has 0 amide bonds. The number of halogens is 4. The van der Waals surface area contributed by atoms with Gasteiger partial charge >= 0.3 is 6.36 Å². The number of methoxy groups -OCH3 is 1. The van der Waals surface area contributed by atoms with Crippen molar-refractivity contribution in [1.82, 2.24) is 4.98 Å². The van der Waals surface area contributed by atoms with Crippen molar-refractivity contribution in [3.8, 4) is 11.5 Å². The first-order valence-electron chi connectivity index (χ1n) is 7.62. The van der Waals surface area contributed by atoms with Crippen molar-refractivity contribution in [2.75, 3.05) is 12.4 Å². The van der Waals surface area contributed by atoms with E-state index in [0.29, 0.717) is 11.4 Å². The van der Waals surface area contributed by atoms with E-state index in [9.17, 15) is 13.2 Å². The third kappa shape index (κ3) is 6.45. The van der Waals surface area contributed by atoms with Crippen LogP contribution in [-0.4, -0.2) is 24.4 Å². The van der Waals surface area contributed by atoms with Gasteiger partial charge in [-0.25, -0.2) is 4.99 Å². The topological polar surface area (TPSA) is 81.8 Å². The lowest BCUT2D eigenvalue weighted by Crippen LogP contribution is -2.24. The van der Waals surface area contributed by atoms with E-state index in [2.05, 4.69) is 20.0 Å². The fourth-order valence-electron chi connectivity index (χ4n) is 2.35. The Morgan fingerprint density at radius 3 is 2.56 bits per heavy atom. The molecule has 0 saturated carbocycles. The minimum absolute atomic E-state index is 0. The van der Waals surface area contributed by atoms with Crippen LogP contribution in [0.25, 0.3) is 0 Å². The molecule has 0 atom stereocenters. The molecular weight excluding hydrogens is 476 g/mol. The van der Waals surface area contributed by atoms with Crippen molar-refractivity contribution in [2.45, 2.75) is 26.8 Å². The largest absolute Gasteiger partial charge is 0.573 e. The first-order valence-corrected chi connectivity index (χ1v) is 7.62. The molecule has 0 spiro atoms. The Bertz CT molecular complexity index is 813. The molecule has 1 heterocycles. The van der Waals surface area contributed by atoms with Gasteiger partial charge in [0.2, 0.25) is 0 Å². The van der Waals surface area contributed by atoms with Crippen LogP contribution < -0.4 is 20.5 Å². The smallest absolute Gasteiger partial charge is 0.496 e. The van der Waals surface area contributed by atoms with Crippen molar-refractivity contribution in [2.24, 2.45) is 10.7 Å². The molecule has 2 aromatic rings. The van der Waals surface area contributed by atoms with Crippen LogP contribution in [0.15, 0.2) is 35.5 Å². The van der Waals surface area contributed by atoms with Gasteiger partial charge in [-0.1, -0.05) is 12.1 Å². The number of hydrogen-bond donors (Lipinski definition) is 2. The molecular formula is C17H20F3IN4O2. The van der Waals surface area contributed by atoms with Crippen molar-refractivity contribution in [1.29, 1.82) is 0 Å². The van der Waals surface area contributed by atoms with E-state index in [4.69, 9.17) is 10.5 Å². The average Bonchev–Trinajstić information content (AvgIpc) is 2.55. The highest BCUT2D eigenvalue weighted by molar-refractivity contribution is 14.0. The second kappa shape index (κ2) is 9.62. The normalized spacial score (nSPS) is 11.6. The molecule has 0 saturated heterocycles. The number of aryl methyl sites for hydroxylation is 1. The number of nitrogens with two attached hydrogens (primary N) is 1. The summed E-state index contributed by atoms with van der Waals surface area (Å²) in [4.78, 5) is 8.41. The van der Waals surface area contributed by atoms with Gasteiger partial charge < -0.3 is 20.5 Å². The summed E-state index contributed by atoms with van der Waals surface area (Å²) in [5, 5.41) is 2.61. The van der Waals surface area contributed by atoms with E-state index < -0.39 is 12.1 Å². The number of nitrogens with zero attached hydrogens (tertiary/aromatic N) is 2. The highest BCUT2D eigenvalue weighted by Crippen LogP contribution is 2.30. The Balaban J connectivity index is 0.00000364. The summed E-state index contributed by atoms with van der Waals surface area (Å²) in [7, 11) is 1.57. The number of aromatic nitrogens is 1. The SMILES string of the molecule is COc1c(C)cnc(CN=C(N)Nc2ccccc2OC(F)(F)F)c1C.I. The predicted molar refractivity (Wildman–Crippen MR) is 108 cm³/mol. The highest BCUT2D eigenvalue weighted by atomic mass is 127. The maximum atomic E-state index is 12.4. The summed E-state index contributed by atoms with van der Waals surface area (Å²) in [6.07, 6.45) is -3.14. The van der Waals surface area contributed by atoms with Crippen molar-refractivity contribution < 1.29 is 22.6 Å². The number of ether oxygens (including phenoxy) is 2. The Labute approximate surface area is 172 Å². The van der Waals surface area contributed by atoms with Crippen LogP contribution in [-0.2, 0) is 6.54 Å². The zero-order valence-corrected chi connectivity index (χ0v) is 17.3. The van der Waals surface area contributed by atoms with Gasteiger partial charge in [0, 0.05) is 17.3 Å². The van der Waals surface area contributed by atoms with Crippen molar-refractivity contribution in [3.05, 3.63) is 47.3 Å². The van der Waals surface area contributed by atoms with E-state index in [1.165, 1.54) is 18.2 Å². The number of rotatable bonds is 5. The van der Waals surface area contributed by atoms with Crippen LogP contribution >= 0.6 is 24.0 Å². The summed E-state index contributed by atoms with van der Waals surface area (Å²) in [5.74, 6) is 0.245.